The van der Waals surface area contributed by atoms with E-state index in [1.165, 1.54) is 25.9 Å². The standard InChI is InChI=1S/C9H14N4/c1-6(9-5-11-13-12-9)2-8-4-10-3-7(1)8/h5-8,10H,1-4H2,(H,11,12,13). The summed E-state index contributed by atoms with van der Waals surface area (Å²) in [6, 6.07) is 0. The van der Waals surface area contributed by atoms with Crippen LogP contribution in [0.15, 0.2) is 6.20 Å². The molecule has 1 aliphatic carbocycles. The highest BCUT2D eigenvalue weighted by Gasteiger charge is 2.38. The Labute approximate surface area is 77.1 Å². The van der Waals surface area contributed by atoms with Crippen molar-refractivity contribution in [1.29, 1.82) is 0 Å². The second-order valence-electron chi connectivity index (χ2n) is 4.24. The minimum atomic E-state index is 0.663. The lowest BCUT2D eigenvalue weighted by Crippen LogP contribution is -2.11. The van der Waals surface area contributed by atoms with Gasteiger partial charge in [-0.1, -0.05) is 0 Å². The summed E-state index contributed by atoms with van der Waals surface area (Å²) in [5, 5.41) is 14.2. The average Bonchev–Trinajstić information content (AvgIpc) is 2.78. The highest BCUT2D eigenvalue weighted by Crippen LogP contribution is 2.42. The van der Waals surface area contributed by atoms with Gasteiger partial charge in [0, 0.05) is 5.92 Å². The largest absolute Gasteiger partial charge is 0.316 e. The second kappa shape index (κ2) is 2.80. The molecule has 2 unspecified atom stereocenters. The predicted molar refractivity (Wildman–Crippen MR) is 48.2 cm³/mol. The van der Waals surface area contributed by atoms with Crippen LogP contribution in [0.2, 0.25) is 0 Å². The molecular formula is C9H14N4. The summed E-state index contributed by atoms with van der Waals surface area (Å²) in [5.41, 5.74) is 1.16. The summed E-state index contributed by atoms with van der Waals surface area (Å²) in [7, 11) is 0. The van der Waals surface area contributed by atoms with Gasteiger partial charge >= 0.3 is 0 Å². The highest BCUT2D eigenvalue weighted by molar-refractivity contribution is 5.07. The minimum Gasteiger partial charge on any atom is -0.316 e. The van der Waals surface area contributed by atoms with Crippen molar-refractivity contribution in [3.63, 3.8) is 0 Å². The van der Waals surface area contributed by atoms with Crippen molar-refractivity contribution >= 4 is 0 Å². The summed E-state index contributed by atoms with van der Waals surface area (Å²) in [6.45, 7) is 2.41. The predicted octanol–water partition coefficient (Wildman–Crippen LogP) is 0.518. The van der Waals surface area contributed by atoms with Crippen molar-refractivity contribution in [2.24, 2.45) is 11.8 Å². The van der Waals surface area contributed by atoms with Crippen molar-refractivity contribution in [2.75, 3.05) is 13.1 Å². The number of aromatic amines is 1. The van der Waals surface area contributed by atoms with Crippen LogP contribution in [0.1, 0.15) is 24.5 Å². The first-order valence-electron chi connectivity index (χ1n) is 5.00. The smallest absolute Gasteiger partial charge is 0.0855 e. The molecule has 1 aliphatic heterocycles. The quantitative estimate of drug-likeness (QED) is 0.659. The second-order valence-corrected chi connectivity index (χ2v) is 4.24. The van der Waals surface area contributed by atoms with E-state index in [4.69, 9.17) is 0 Å². The molecule has 2 aliphatic rings. The summed E-state index contributed by atoms with van der Waals surface area (Å²) in [5.74, 6) is 2.44. The van der Waals surface area contributed by atoms with Crippen molar-refractivity contribution in [3.8, 4) is 0 Å². The molecule has 4 nitrogen and oxygen atoms in total. The zero-order chi connectivity index (χ0) is 8.67. The molecule has 1 aromatic rings. The van der Waals surface area contributed by atoms with Crippen LogP contribution in [-0.4, -0.2) is 28.5 Å². The third-order valence-electron chi connectivity index (χ3n) is 3.51. The van der Waals surface area contributed by atoms with E-state index in [1.807, 2.05) is 6.20 Å². The lowest BCUT2D eigenvalue weighted by atomic mass is 10.0. The molecule has 4 heteroatoms. The third-order valence-corrected chi connectivity index (χ3v) is 3.51. The Bertz CT molecular complexity index is 270. The normalized spacial score (nSPS) is 38.0. The van der Waals surface area contributed by atoms with Crippen LogP contribution in [0.4, 0.5) is 0 Å². The van der Waals surface area contributed by atoms with Crippen LogP contribution in [-0.2, 0) is 0 Å². The van der Waals surface area contributed by atoms with Gasteiger partial charge in [-0.2, -0.15) is 15.4 Å². The van der Waals surface area contributed by atoms with Crippen LogP contribution in [0.3, 0.4) is 0 Å². The first-order valence-corrected chi connectivity index (χ1v) is 5.00. The molecule has 0 amide bonds. The Kier molecular flexibility index (Phi) is 1.62. The van der Waals surface area contributed by atoms with E-state index in [1.54, 1.807) is 0 Å². The maximum absolute atomic E-state index is 4.17. The molecule has 1 saturated heterocycles. The fourth-order valence-corrected chi connectivity index (χ4v) is 2.81. The third kappa shape index (κ3) is 1.16. The van der Waals surface area contributed by atoms with Gasteiger partial charge in [-0.05, 0) is 37.8 Å². The van der Waals surface area contributed by atoms with Gasteiger partial charge in [0.25, 0.3) is 0 Å². The minimum absolute atomic E-state index is 0.663. The summed E-state index contributed by atoms with van der Waals surface area (Å²) >= 11 is 0. The van der Waals surface area contributed by atoms with Crippen LogP contribution in [0.5, 0.6) is 0 Å². The van der Waals surface area contributed by atoms with Gasteiger partial charge in [0.2, 0.25) is 0 Å². The summed E-state index contributed by atoms with van der Waals surface area (Å²) < 4.78 is 0. The topological polar surface area (TPSA) is 53.6 Å². The molecular weight excluding hydrogens is 164 g/mol. The van der Waals surface area contributed by atoms with Gasteiger partial charge in [0.1, 0.15) is 0 Å². The maximum Gasteiger partial charge on any atom is 0.0855 e. The molecule has 0 aromatic carbocycles. The van der Waals surface area contributed by atoms with E-state index in [-0.39, 0.29) is 0 Å². The van der Waals surface area contributed by atoms with E-state index in [0.29, 0.717) is 5.92 Å². The van der Waals surface area contributed by atoms with Gasteiger partial charge in [-0.15, -0.1) is 0 Å². The number of H-pyrrole nitrogens is 1. The SMILES string of the molecule is c1n[nH]nc1C1CC2CNCC2C1. The van der Waals surface area contributed by atoms with Crippen LogP contribution in [0.25, 0.3) is 0 Å². The number of nitrogens with zero attached hydrogens (tertiary/aromatic N) is 2. The Balaban J connectivity index is 1.76. The van der Waals surface area contributed by atoms with Gasteiger partial charge in [-0.3, -0.25) is 0 Å². The van der Waals surface area contributed by atoms with Crippen LogP contribution < -0.4 is 5.32 Å². The van der Waals surface area contributed by atoms with Gasteiger partial charge in [0.15, 0.2) is 0 Å². The monoisotopic (exact) mass is 178 g/mol. The molecule has 3 rings (SSSR count). The first kappa shape index (κ1) is 7.50. The maximum atomic E-state index is 4.17. The van der Waals surface area contributed by atoms with E-state index in [9.17, 15) is 0 Å². The molecule has 0 radical (unpaired) electrons. The van der Waals surface area contributed by atoms with E-state index in [2.05, 4.69) is 20.7 Å². The van der Waals surface area contributed by atoms with Crippen molar-refractivity contribution < 1.29 is 0 Å². The molecule has 13 heavy (non-hydrogen) atoms. The fraction of sp³-hybridized carbons (Fsp3) is 0.778. The summed E-state index contributed by atoms with van der Waals surface area (Å²) in [6.07, 6.45) is 4.47. The lowest BCUT2D eigenvalue weighted by Gasteiger charge is -2.05. The Morgan fingerprint density at radius 2 is 2.00 bits per heavy atom. The number of aromatic nitrogens is 3. The van der Waals surface area contributed by atoms with Gasteiger partial charge < -0.3 is 5.32 Å². The number of rotatable bonds is 1. The zero-order valence-electron chi connectivity index (χ0n) is 7.53. The Morgan fingerprint density at radius 3 is 2.62 bits per heavy atom. The average molecular weight is 178 g/mol. The van der Waals surface area contributed by atoms with E-state index < -0.39 is 0 Å². The molecule has 1 aromatic heterocycles. The highest BCUT2D eigenvalue weighted by atomic mass is 15.3. The molecule has 0 bridgehead atoms. The zero-order valence-corrected chi connectivity index (χ0v) is 7.53. The van der Waals surface area contributed by atoms with Crippen molar-refractivity contribution in [1.82, 2.24) is 20.7 Å². The van der Waals surface area contributed by atoms with Crippen LogP contribution in [0, 0.1) is 11.8 Å². The molecule has 1 saturated carbocycles. The number of hydrogen-bond donors (Lipinski definition) is 2. The molecule has 2 fully saturated rings. The first-order chi connectivity index (χ1) is 6.43. The number of hydrogen-bond acceptors (Lipinski definition) is 3. The molecule has 0 spiro atoms. The lowest BCUT2D eigenvalue weighted by molar-refractivity contribution is 0.494. The van der Waals surface area contributed by atoms with Gasteiger partial charge in [-0.25, -0.2) is 0 Å². The van der Waals surface area contributed by atoms with Crippen molar-refractivity contribution in [2.45, 2.75) is 18.8 Å². The van der Waals surface area contributed by atoms with Crippen molar-refractivity contribution in [3.05, 3.63) is 11.9 Å². The molecule has 2 N–H and O–H groups in total. The molecule has 2 heterocycles. The molecule has 2 atom stereocenters. The molecule has 70 valence electrons. The van der Waals surface area contributed by atoms with Crippen LogP contribution >= 0.6 is 0 Å². The van der Waals surface area contributed by atoms with E-state index >= 15 is 0 Å². The Morgan fingerprint density at radius 1 is 1.23 bits per heavy atom. The Hall–Kier alpha value is -0.900. The fourth-order valence-electron chi connectivity index (χ4n) is 2.81. The number of fused-ring (bicyclic) bond motifs is 1. The number of nitrogens with one attached hydrogen (secondary N) is 2. The van der Waals surface area contributed by atoms with Gasteiger partial charge in [0.05, 0.1) is 11.9 Å². The van der Waals surface area contributed by atoms with E-state index in [0.717, 1.165) is 17.5 Å². The summed E-state index contributed by atoms with van der Waals surface area (Å²) in [4.78, 5) is 0.